The third kappa shape index (κ3) is 7.31. The van der Waals surface area contributed by atoms with Gasteiger partial charge in [-0.3, -0.25) is 0 Å². The van der Waals surface area contributed by atoms with Crippen LogP contribution in [0.1, 0.15) is 6.42 Å². The van der Waals surface area contributed by atoms with Crippen LogP contribution in [-0.4, -0.2) is 56.4 Å². The van der Waals surface area contributed by atoms with E-state index in [1.165, 1.54) is 0 Å². The molecule has 0 fully saturated rings. The Morgan fingerprint density at radius 3 is 2.70 bits per heavy atom. The molecule has 0 heterocycles. The van der Waals surface area contributed by atoms with Crippen molar-refractivity contribution >= 4 is 23.2 Å². The van der Waals surface area contributed by atoms with E-state index < -0.39 is 6.10 Å². The molecule has 1 atom stereocenters. The first-order chi connectivity index (χ1) is 9.49. The quantitative estimate of drug-likeness (QED) is 0.685. The van der Waals surface area contributed by atoms with Gasteiger partial charge < -0.3 is 20.1 Å². The summed E-state index contributed by atoms with van der Waals surface area (Å²) in [5, 5.41) is 13.9. The highest BCUT2D eigenvalue weighted by molar-refractivity contribution is 6.42. The maximum Gasteiger partial charge on any atom is 0.121 e. The van der Waals surface area contributed by atoms with Crippen LogP contribution >= 0.6 is 23.2 Å². The molecule has 0 aliphatic carbocycles. The average molecular weight is 321 g/mol. The lowest BCUT2D eigenvalue weighted by molar-refractivity contribution is 0.106. The van der Waals surface area contributed by atoms with E-state index in [4.69, 9.17) is 27.9 Å². The molecule has 1 aromatic rings. The molecule has 0 radical (unpaired) electrons. The highest BCUT2D eigenvalue weighted by atomic mass is 35.5. The fraction of sp³-hybridized carbons (Fsp3) is 0.571. The minimum Gasteiger partial charge on any atom is -0.491 e. The summed E-state index contributed by atoms with van der Waals surface area (Å²) < 4.78 is 5.46. The molecule has 6 heteroatoms. The molecule has 0 amide bonds. The highest BCUT2D eigenvalue weighted by Gasteiger charge is 2.06. The fourth-order valence-electron chi connectivity index (χ4n) is 1.61. The van der Waals surface area contributed by atoms with E-state index in [9.17, 15) is 5.11 Å². The van der Waals surface area contributed by atoms with Crippen LogP contribution in [0.2, 0.25) is 10.0 Å². The third-order valence-corrected chi connectivity index (χ3v) is 3.41. The lowest BCUT2D eigenvalue weighted by Gasteiger charge is -2.14. The van der Waals surface area contributed by atoms with Crippen LogP contribution in [-0.2, 0) is 0 Å². The first-order valence-electron chi connectivity index (χ1n) is 6.60. The summed E-state index contributed by atoms with van der Waals surface area (Å²) in [5.74, 6) is 0.603. The van der Waals surface area contributed by atoms with Gasteiger partial charge in [0.25, 0.3) is 0 Å². The maximum absolute atomic E-state index is 9.79. The van der Waals surface area contributed by atoms with E-state index in [2.05, 4.69) is 10.2 Å². The predicted molar refractivity (Wildman–Crippen MR) is 84.0 cm³/mol. The van der Waals surface area contributed by atoms with Crippen molar-refractivity contribution in [3.05, 3.63) is 28.2 Å². The normalized spacial score (nSPS) is 12.7. The van der Waals surface area contributed by atoms with Crippen LogP contribution < -0.4 is 10.1 Å². The average Bonchev–Trinajstić information content (AvgIpc) is 2.39. The first kappa shape index (κ1) is 17.5. The van der Waals surface area contributed by atoms with Gasteiger partial charge in [0, 0.05) is 12.6 Å². The van der Waals surface area contributed by atoms with Gasteiger partial charge in [-0.05, 0) is 45.7 Å². The van der Waals surface area contributed by atoms with E-state index in [1.54, 1.807) is 18.2 Å². The number of aliphatic hydroxyl groups excluding tert-OH is 1. The summed E-state index contributed by atoms with van der Waals surface area (Å²) in [6.07, 6.45) is 0.497. The van der Waals surface area contributed by atoms with Crippen molar-refractivity contribution in [3.8, 4) is 5.75 Å². The van der Waals surface area contributed by atoms with E-state index in [1.807, 2.05) is 14.1 Å². The van der Waals surface area contributed by atoms with Crippen molar-refractivity contribution in [2.45, 2.75) is 12.5 Å². The molecule has 4 nitrogen and oxygen atoms in total. The topological polar surface area (TPSA) is 44.7 Å². The fourth-order valence-corrected chi connectivity index (χ4v) is 1.90. The summed E-state index contributed by atoms with van der Waals surface area (Å²) in [4.78, 5) is 2.13. The van der Waals surface area contributed by atoms with E-state index >= 15 is 0 Å². The molecule has 1 rings (SSSR count). The highest BCUT2D eigenvalue weighted by Crippen LogP contribution is 2.26. The second-order valence-electron chi connectivity index (χ2n) is 4.90. The van der Waals surface area contributed by atoms with Gasteiger partial charge in [0.2, 0.25) is 0 Å². The predicted octanol–water partition coefficient (Wildman–Crippen LogP) is 2.27. The van der Waals surface area contributed by atoms with Crippen LogP contribution in [0.3, 0.4) is 0 Å². The summed E-state index contributed by atoms with van der Waals surface area (Å²) in [6, 6.07) is 5.04. The Labute approximate surface area is 130 Å². The molecular weight excluding hydrogens is 299 g/mol. The van der Waals surface area contributed by atoms with Crippen LogP contribution in [0.15, 0.2) is 18.2 Å². The van der Waals surface area contributed by atoms with Gasteiger partial charge in [0.15, 0.2) is 0 Å². The Balaban J connectivity index is 2.16. The van der Waals surface area contributed by atoms with Crippen molar-refractivity contribution in [3.63, 3.8) is 0 Å². The molecule has 0 aliphatic heterocycles. The van der Waals surface area contributed by atoms with Crippen molar-refractivity contribution in [2.24, 2.45) is 0 Å². The summed E-state index contributed by atoms with van der Waals surface area (Å²) in [5.41, 5.74) is 0. The molecular formula is C14H22Cl2N2O2. The minimum absolute atomic E-state index is 0.221. The SMILES string of the molecule is CN(C)CCCNCC(O)COc1ccc(Cl)c(Cl)c1. The molecule has 0 aromatic heterocycles. The minimum atomic E-state index is -0.552. The van der Waals surface area contributed by atoms with Gasteiger partial charge in [-0.15, -0.1) is 0 Å². The zero-order valence-electron chi connectivity index (χ0n) is 11.9. The molecule has 0 aliphatic rings. The number of ether oxygens (including phenoxy) is 1. The van der Waals surface area contributed by atoms with Gasteiger partial charge in [-0.2, -0.15) is 0 Å². The Morgan fingerprint density at radius 2 is 2.05 bits per heavy atom. The number of rotatable bonds is 9. The molecule has 0 saturated carbocycles. The Morgan fingerprint density at radius 1 is 1.30 bits per heavy atom. The van der Waals surface area contributed by atoms with Gasteiger partial charge in [0.05, 0.1) is 10.0 Å². The van der Waals surface area contributed by atoms with Crippen molar-refractivity contribution < 1.29 is 9.84 Å². The van der Waals surface area contributed by atoms with Crippen LogP contribution in [0, 0.1) is 0 Å². The molecule has 114 valence electrons. The molecule has 1 aromatic carbocycles. The Hall–Kier alpha value is -0.520. The maximum atomic E-state index is 9.79. The third-order valence-electron chi connectivity index (χ3n) is 2.67. The zero-order chi connectivity index (χ0) is 15.0. The van der Waals surface area contributed by atoms with Crippen LogP contribution in [0.4, 0.5) is 0 Å². The molecule has 0 saturated heterocycles. The van der Waals surface area contributed by atoms with Crippen molar-refractivity contribution in [2.75, 3.05) is 40.3 Å². The summed E-state index contributed by atoms with van der Waals surface area (Å²) in [7, 11) is 4.08. The number of hydrogen-bond donors (Lipinski definition) is 2. The monoisotopic (exact) mass is 320 g/mol. The molecule has 0 spiro atoms. The molecule has 0 bridgehead atoms. The van der Waals surface area contributed by atoms with E-state index in [0.717, 1.165) is 19.5 Å². The first-order valence-corrected chi connectivity index (χ1v) is 7.36. The van der Waals surface area contributed by atoms with Crippen molar-refractivity contribution in [1.82, 2.24) is 10.2 Å². The number of aliphatic hydroxyl groups is 1. The van der Waals surface area contributed by atoms with E-state index in [-0.39, 0.29) is 6.61 Å². The zero-order valence-corrected chi connectivity index (χ0v) is 13.4. The number of halogens is 2. The Bertz CT molecular complexity index is 403. The van der Waals surface area contributed by atoms with E-state index in [0.29, 0.717) is 22.3 Å². The smallest absolute Gasteiger partial charge is 0.121 e. The number of hydrogen-bond acceptors (Lipinski definition) is 4. The summed E-state index contributed by atoms with van der Waals surface area (Å²) >= 11 is 11.7. The number of nitrogens with zero attached hydrogens (tertiary/aromatic N) is 1. The largest absolute Gasteiger partial charge is 0.491 e. The summed E-state index contributed by atoms with van der Waals surface area (Å²) in [6.45, 7) is 2.64. The lowest BCUT2D eigenvalue weighted by Crippen LogP contribution is -2.32. The van der Waals surface area contributed by atoms with Gasteiger partial charge in [-0.25, -0.2) is 0 Å². The number of nitrogens with one attached hydrogen (secondary N) is 1. The number of benzene rings is 1. The Kier molecular flexibility index (Phi) is 8.26. The standard InChI is InChI=1S/C14H22Cl2N2O2/c1-18(2)7-3-6-17-9-11(19)10-20-12-4-5-13(15)14(16)8-12/h4-5,8,11,17,19H,3,6-7,9-10H2,1-2H3. The molecule has 20 heavy (non-hydrogen) atoms. The van der Waals surface area contributed by atoms with Gasteiger partial charge in [-0.1, -0.05) is 23.2 Å². The lowest BCUT2D eigenvalue weighted by atomic mass is 10.3. The van der Waals surface area contributed by atoms with Crippen molar-refractivity contribution in [1.29, 1.82) is 0 Å². The molecule has 1 unspecified atom stereocenters. The van der Waals surface area contributed by atoms with Gasteiger partial charge >= 0.3 is 0 Å². The second-order valence-corrected chi connectivity index (χ2v) is 5.72. The van der Waals surface area contributed by atoms with Gasteiger partial charge in [0.1, 0.15) is 18.5 Å². The van der Waals surface area contributed by atoms with Crippen LogP contribution in [0.5, 0.6) is 5.75 Å². The second kappa shape index (κ2) is 9.42. The van der Waals surface area contributed by atoms with Crippen LogP contribution in [0.25, 0.3) is 0 Å². The molecule has 2 N–H and O–H groups in total.